The third kappa shape index (κ3) is 6.97. The molecule has 0 nitrogen and oxygen atoms in total. The molecule has 0 atom stereocenters. The fraction of sp³-hybridized carbons (Fsp3) is 0.268. The van der Waals surface area contributed by atoms with E-state index in [1.807, 2.05) is 24.3 Å². The summed E-state index contributed by atoms with van der Waals surface area (Å²) >= 11 is 12.9. The molecule has 0 aliphatic heterocycles. The Morgan fingerprint density at radius 3 is 1.76 bits per heavy atom. The Balaban J connectivity index is 0.00000192. The number of benzene rings is 4. The Labute approximate surface area is 316 Å². The molecule has 46 heavy (non-hydrogen) atoms. The minimum Gasteiger partial charge on any atom is -1.00 e. The molecular weight excluding hydrogens is 725 g/mol. The summed E-state index contributed by atoms with van der Waals surface area (Å²) in [6, 6.07) is 21.4. The third-order valence-electron chi connectivity index (χ3n) is 8.81. The minimum atomic E-state index is -0.139. The van der Waals surface area contributed by atoms with Gasteiger partial charge < -0.3 is 24.8 Å². The molecule has 0 amide bonds. The fourth-order valence-electron chi connectivity index (χ4n) is 7.14. The van der Waals surface area contributed by atoms with E-state index in [1.165, 1.54) is 65.4 Å². The van der Waals surface area contributed by atoms with Crippen molar-refractivity contribution in [2.75, 3.05) is 0 Å². The van der Waals surface area contributed by atoms with Gasteiger partial charge in [0, 0.05) is 10.0 Å². The summed E-state index contributed by atoms with van der Waals surface area (Å²) in [6.45, 7) is 18.5. The first kappa shape index (κ1) is 38.6. The van der Waals surface area contributed by atoms with Gasteiger partial charge in [-0.05, 0) is 82.8 Å². The molecule has 0 saturated heterocycles. The van der Waals surface area contributed by atoms with Crippen molar-refractivity contribution >= 4 is 40.4 Å². The van der Waals surface area contributed by atoms with Gasteiger partial charge in [-0.1, -0.05) is 141 Å². The second-order valence-electron chi connectivity index (χ2n) is 14.1. The summed E-state index contributed by atoms with van der Waals surface area (Å²) in [5.41, 5.74) is 12.6. The SMILES string of the molecule is Cc1cc2c(cc1C(C)(C)C)=c1c(c(C3=CC=CC3)c(C)c(C(C)(C)C)c1=C(c1ccc(Cl)cc1)c1ccc(Cl)cc1)[C-]=2.[Cl-].[Cl-].[Zr+3]. The summed E-state index contributed by atoms with van der Waals surface area (Å²) < 4.78 is 0. The van der Waals surface area contributed by atoms with E-state index in [-0.39, 0.29) is 61.8 Å². The smallest absolute Gasteiger partial charge is 1.00 e. The van der Waals surface area contributed by atoms with Crippen molar-refractivity contribution in [2.45, 2.75) is 72.6 Å². The molecule has 0 aromatic heterocycles. The van der Waals surface area contributed by atoms with E-state index in [0.29, 0.717) is 0 Å². The van der Waals surface area contributed by atoms with Gasteiger partial charge in [0.1, 0.15) is 0 Å². The molecule has 0 bridgehead atoms. The number of fused-ring (bicyclic) bond motifs is 2. The topological polar surface area (TPSA) is 0 Å². The zero-order valence-electron chi connectivity index (χ0n) is 27.7. The van der Waals surface area contributed by atoms with Crippen LogP contribution in [-0.2, 0) is 37.0 Å². The molecule has 4 aromatic carbocycles. The molecule has 6 rings (SSSR count). The molecule has 2 aliphatic carbocycles. The number of hydrogen-bond donors (Lipinski definition) is 0. The van der Waals surface area contributed by atoms with Crippen LogP contribution in [-0.4, -0.2) is 0 Å². The van der Waals surface area contributed by atoms with Crippen molar-refractivity contribution in [3.05, 3.63) is 154 Å². The van der Waals surface area contributed by atoms with Crippen LogP contribution in [0.4, 0.5) is 0 Å². The van der Waals surface area contributed by atoms with E-state index in [9.17, 15) is 0 Å². The first-order valence-electron chi connectivity index (χ1n) is 15.1. The molecule has 0 saturated carbocycles. The van der Waals surface area contributed by atoms with Gasteiger partial charge in [-0.15, -0.1) is 33.4 Å². The van der Waals surface area contributed by atoms with Crippen molar-refractivity contribution in [1.29, 1.82) is 0 Å². The van der Waals surface area contributed by atoms with Crippen LogP contribution in [0.3, 0.4) is 0 Å². The molecule has 0 unspecified atom stereocenters. The molecule has 235 valence electrons. The molecular formula is C41H39Cl4Zr. The maximum absolute atomic E-state index is 6.44. The first-order valence-corrected chi connectivity index (χ1v) is 15.9. The molecule has 2 aliphatic rings. The summed E-state index contributed by atoms with van der Waals surface area (Å²) in [5.74, 6) is 0. The van der Waals surface area contributed by atoms with E-state index in [1.54, 1.807) is 0 Å². The quantitative estimate of drug-likeness (QED) is 0.243. The van der Waals surface area contributed by atoms with Crippen molar-refractivity contribution in [3.8, 4) is 0 Å². The summed E-state index contributed by atoms with van der Waals surface area (Å²) in [4.78, 5) is 0. The van der Waals surface area contributed by atoms with Gasteiger partial charge in [-0.25, -0.2) is 0 Å². The zero-order valence-corrected chi connectivity index (χ0v) is 33.2. The Hall–Kier alpha value is -1.86. The second kappa shape index (κ2) is 14.3. The van der Waals surface area contributed by atoms with Crippen molar-refractivity contribution < 1.29 is 51.0 Å². The van der Waals surface area contributed by atoms with Crippen LogP contribution >= 0.6 is 23.2 Å². The Morgan fingerprint density at radius 2 is 1.30 bits per heavy atom. The van der Waals surface area contributed by atoms with E-state index in [4.69, 9.17) is 23.2 Å². The number of hydrogen-bond acceptors (Lipinski definition) is 0. The molecule has 0 spiro atoms. The summed E-state index contributed by atoms with van der Waals surface area (Å²) in [5, 5.41) is 6.44. The minimum absolute atomic E-state index is 0. The number of halogens is 4. The number of aryl methyl sites for hydroxylation is 1. The second-order valence-corrected chi connectivity index (χ2v) is 14.9. The first-order chi connectivity index (χ1) is 20.3. The van der Waals surface area contributed by atoms with E-state index in [2.05, 4.69) is 116 Å². The van der Waals surface area contributed by atoms with E-state index >= 15 is 0 Å². The van der Waals surface area contributed by atoms with E-state index in [0.717, 1.165) is 27.6 Å². The van der Waals surface area contributed by atoms with Crippen molar-refractivity contribution in [1.82, 2.24) is 0 Å². The van der Waals surface area contributed by atoms with Gasteiger partial charge in [0.05, 0.1) is 0 Å². The van der Waals surface area contributed by atoms with Crippen molar-refractivity contribution in [3.63, 3.8) is 0 Å². The zero-order chi connectivity index (χ0) is 30.8. The van der Waals surface area contributed by atoms with Gasteiger partial charge in [0.25, 0.3) is 0 Å². The molecule has 0 heterocycles. The fourth-order valence-corrected chi connectivity index (χ4v) is 7.39. The normalized spacial score (nSPS) is 13.0. The standard InChI is InChI=1S/C41H39Cl2.2ClH.Zr/c1-24-21-29-22-33-35(26-11-9-10-12-26)25(2)39(41(6,7)8)38(37(33)32(29)23-34(24)40(3,4)5)36(27-13-17-30(42)18-14-27)28-15-19-31(43)20-16-28;;;/h9-11,13-21,23H,12H2,1-8H3;2*1H;/q-1;;;+3/p-2. The number of rotatable bonds is 3. The maximum atomic E-state index is 6.44. The van der Waals surface area contributed by atoms with Crippen molar-refractivity contribution in [2.24, 2.45) is 0 Å². The van der Waals surface area contributed by atoms with E-state index < -0.39 is 0 Å². The summed E-state index contributed by atoms with van der Waals surface area (Å²) in [7, 11) is 0. The van der Waals surface area contributed by atoms with Crippen LogP contribution in [0, 0.1) is 24.3 Å². The molecule has 0 fully saturated rings. The van der Waals surface area contributed by atoms with Crippen LogP contribution in [0.5, 0.6) is 0 Å². The molecule has 1 radical (unpaired) electrons. The third-order valence-corrected chi connectivity index (χ3v) is 9.31. The van der Waals surface area contributed by atoms with Gasteiger partial charge in [-0.3, -0.25) is 0 Å². The molecule has 4 aromatic rings. The average molecular weight is 765 g/mol. The van der Waals surface area contributed by atoms with Gasteiger partial charge in [0.15, 0.2) is 0 Å². The Morgan fingerprint density at radius 1 is 0.761 bits per heavy atom. The number of allylic oxidation sites excluding steroid dienone is 4. The van der Waals surface area contributed by atoms with Gasteiger partial charge in [0.2, 0.25) is 0 Å². The van der Waals surface area contributed by atoms with Crippen LogP contribution in [0.15, 0.2) is 78.9 Å². The predicted octanol–water partition coefficient (Wildman–Crippen LogP) is 4.11. The Bertz CT molecular complexity index is 2020. The van der Waals surface area contributed by atoms with Crippen LogP contribution in [0.25, 0.3) is 17.2 Å². The molecule has 5 heteroatoms. The average Bonchev–Trinajstić information content (AvgIpc) is 3.57. The molecule has 0 N–H and O–H groups in total. The largest absolute Gasteiger partial charge is 3.00 e. The Kier molecular flexibility index (Phi) is 12.0. The van der Waals surface area contributed by atoms with Gasteiger partial charge >= 0.3 is 26.2 Å². The van der Waals surface area contributed by atoms with Crippen LogP contribution in [0.1, 0.15) is 92.5 Å². The van der Waals surface area contributed by atoms with Gasteiger partial charge in [-0.2, -0.15) is 0 Å². The van der Waals surface area contributed by atoms with Crippen LogP contribution in [0.2, 0.25) is 10.0 Å². The monoisotopic (exact) mass is 761 g/mol. The predicted molar refractivity (Wildman–Crippen MR) is 185 cm³/mol. The summed E-state index contributed by atoms with van der Waals surface area (Å²) in [6.07, 6.45) is 11.6. The maximum Gasteiger partial charge on any atom is 3.00 e. The van der Waals surface area contributed by atoms with Crippen LogP contribution < -0.4 is 35.3 Å².